The van der Waals surface area contributed by atoms with E-state index in [0.717, 1.165) is 0 Å². The molecular weight excluding hydrogens is 66.4 g/mol. The predicted molar refractivity (Wildman–Crippen MR) is 16.1 cm³/mol. The Morgan fingerprint density at radius 1 is 1.75 bits per heavy atom. The Labute approximate surface area is 43.7 Å². The Morgan fingerprint density at radius 2 is 1.75 bits per heavy atom. The van der Waals surface area contributed by atoms with Crippen molar-refractivity contribution in [1.29, 1.82) is 0 Å². The van der Waals surface area contributed by atoms with Crippen molar-refractivity contribution in [1.82, 2.24) is 0 Å². The minimum atomic E-state index is 0. The van der Waals surface area contributed by atoms with Crippen LogP contribution in [0, 0.1) is 6.92 Å². The van der Waals surface area contributed by atoms with E-state index >= 15 is 0 Å². The van der Waals surface area contributed by atoms with Gasteiger partial charge in [0.05, 0.1) is 0 Å². The van der Waals surface area contributed by atoms with E-state index in [0.29, 0.717) is 5.88 Å². The van der Waals surface area contributed by atoms with Crippen molar-refractivity contribution in [3.8, 4) is 0 Å². The first-order chi connectivity index (χ1) is 1.41. The molecule has 0 saturated carbocycles. The molecule has 0 aliphatic rings. The zero-order valence-electron chi connectivity index (χ0n) is 2.79. The molecule has 0 aromatic heterocycles. The van der Waals surface area contributed by atoms with Crippen LogP contribution < -0.4 is 18.9 Å². The summed E-state index contributed by atoms with van der Waals surface area (Å²) in [6.45, 7) is 3.25. The predicted octanol–water partition coefficient (Wildman–Crippen LogP) is -1.94. The van der Waals surface area contributed by atoms with Crippen LogP contribution in [0.2, 0.25) is 0 Å². The molecule has 0 atom stereocenters. The molecule has 0 bridgehead atoms. The molecule has 0 nitrogen and oxygen atoms in total. The second-order valence-electron chi connectivity index (χ2n) is 0.189. The maximum absolute atomic E-state index is 4.89. The third kappa shape index (κ3) is 13.1. The van der Waals surface area contributed by atoms with Gasteiger partial charge < -0.3 is 6.92 Å². The first-order valence-corrected chi connectivity index (χ1v) is 1.30. The maximum Gasteiger partial charge on any atom is 1.00 e. The molecule has 0 unspecified atom stereocenters. The largest absolute Gasteiger partial charge is 1.00 e. The summed E-state index contributed by atoms with van der Waals surface area (Å²) in [6, 6.07) is 0. The van der Waals surface area contributed by atoms with Crippen LogP contribution in [0.3, 0.4) is 0 Å². The van der Waals surface area contributed by atoms with Crippen LogP contribution >= 0.6 is 11.6 Å². The second-order valence-corrected chi connectivity index (χ2v) is 0.567. The molecule has 2 heteroatoms. The van der Waals surface area contributed by atoms with E-state index in [-0.39, 0.29) is 18.9 Å². The average Bonchev–Trinajstić information content (AvgIpc) is 0.918. The number of hydrogen-bond acceptors (Lipinski definition) is 0. The van der Waals surface area contributed by atoms with Gasteiger partial charge in [0.2, 0.25) is 0 Å². The van der Waals surface area contributed by atoms with Crippen LogP contribution in [0.5, 0.6) is 0 Å². The molecule has 0 saturated heterocycles. The van der Waals surface area contributed by atoms with Crippen molar-refractivity contribution in [2.24, 2.45) is 0 Å². The monoisotopic (exact) mass is 70.0 g/mol. The van der Waals surface area contributed by atoms with Gasteiger partial charge >= 0.3 is 18.9 Å². The average molecular weight is 70.4 g/mol. The van der Waals surface area contributed by atoms with Crippen molar-refractivity contribution in [2.45, 2.75) is 0 Å². The Hall–Kier alpha value is 0.887. The third-order valence-corrected chi connectivity index (χ3v) is 0. The van der Waals surface area contributed by atoms with Gasteiger partial charge in [-0.1, -0.05) is 0 Å². The Morgan fingerprint density at radius 3 is 1.75 bits per heavy atom. The van der Waals surface area contributed by atoms with Crippen LogP contribution in [0.25, 0.3) is 0 Å². The Bertz CT molecular complexity index is 6.00. The zero-order valence-corrected chi connectivity index (χ0v) is 3.55. The molecule has 20 valence electrons. The standard InChI is InChI=1S/C2H4Cl.Li/c1-2-3;/h1-2H2;/q-1;+1. The van der Waals surface area contributed by atoms with E-state index < -0.39 is 0 Å². The minimum absolute atomic E-state index is 0. The van der Waals surface area contributed by atoms with Crippen LogP contribution in [-0.2, 0) is 0 Å². The van der Waals surface area contributed by atoms with Crippen LogP contribution in [0.4, 0.5) is 0 Å². The van der Waals surface area contributed by atoms with Crippen molar-refractivity contribution < 1.29 is 18.9 Å². The van der Waals surface area contributed by atoms with E-state index in [1.165, 1.54) is 0 Å². The topological polar surface area (TPSA) is 0 Å². The first kappa shape index (κ1) is 8.86. The molecule has 0 rings (SSSR count). The zero-order chi connectivity index (χ0) is 2.71. The quantitative estimate of drug-likeness (QED) is 0.177. The molecule has 0 aliphatic heterocycles. The molecule has 0 fully saturated rings. The SMILES string of the molecule is [CH2-]CCl.[Li+]. The van der Waals surface area contributed by atoms with Crippen LogP contribution in [0.15, 0.2) is 0 Å². The second kappa shape index (κ2) is 9.10. The third-order valence-electron chi connectivity index (χ3n) is 0. The van der Waals surface area contributed by atoms with E-state index in [4.69, 9.17) is 11.6 Å². The van der Waals surface area contributed by atoms with E-state index in [1.54, 1.807) is 0 Å². The normalized spacial score (nSPS) is 4.50. The number of halogens is 1. The first-order valence-electron chi connectivity index (χ1n) is 0.767. The molecule has 0 aliphatic carbocycles. The Balaban J connectivity index is 0. The molecule has 0 spiro atoms. The van der Waals surface area contributed by atoms with Gasteiger partial charge in [0.1, 0.15) is 0 Å². The summed E-state index contributed by atoms with van der Waals surface area (Å²) in [5.74, 6) is 0.472. The molecule has 0 heterocycles. The number of rotatable bonds is 0. The Kier molecular flexibility index (Phi) is 20.1. The van der Waals surface area contributed by atoms with E-state index in [9.17, 15) is 0 Å². The van der Waals surface area contributed by atoms with Gasteiger partial charge in [-0.2, -0.15) is 11.6 Å². The van der Waals surface area contributed by atoms with E-state index in [2.05, 4.69) is 6.92 Å². The molecule has 0 N–H and O–H groups in total. The molecule has 0 amide bonds. The van der Waals surface area contributed by atoms with Crippen molar-refractivity contribution >= 4 is 11.6 Å². The fourth-order valence-corrected chi connectivity index (χ4v) is 0. The van der Waals surface area contributed by atoms with Gasteiger partial charge in [-0.05, 0) is 0 Å². The molecule has 0 radical (unpaired) electrons. The summed E-state index contributed by atoms with van der Waals surface area (Å²) in [5.41, 5.74) is 0. The molecule has 0 aromatic carbocycles. The molecular formula is C2H4ClLi. The summed E-state index contributed by atoms with van der Waals surface area (Å²) in [7, 11) is 0. The van der Waals surface area contributed by atoms with Gasteiger partial charge in [-0.3, -0.25) is 0 Å². The van der Waals surface area contributed by atoms with Crippen molar-refractivity contribution in [3.63, 3.8) is 0 Å². The van der Waals surface area contributed by atoms with Crippen molar-refractivity contribution in [2.75, 3.05) is 5.88 Å². The van der Waals surface area contributed by atoms with Crippen LogP contribution in [0.1, 0.15) is 0 Å². The van der Waals surface area contributed by atoms with Gasteiger partial charge in [-0.15, -0.1) is 5.88 Å². The summed E-state index contributed by atoms with van der Waals surface area (Å²) in [6.07, 6.45) is 0. The number of hydrogen-bond donors (Lipinski definition) is 0. The maximum atomic E-state index is 4.89. The van der Waals surface area contributed by atoms with Gasteiger partial charge in [0, 0.05) is 0 Å². The molecule has 0 aromatic rings. The van der Waals surface area contributed by atoms with Gasteiger partial charge in [-0.25, -0.2) is 0 Å². The molecule has 4 heavy (non-hydrogen) atoms. The van der Waals surface area contributed by atoms with Gasteiger partial charge in [0.25, 0.3) is 0 Å². The van der Waals surface area contributed by atoms with Crippen LogP contribution in [-0.4, -0.2) is 5.88 Å². The van der Waals surface area contributed by atoms with Gasteiger partial charge in [0.15, 0.2) is 0 Å². The van der Waals surface area contributed by atoms with Crippen molar-refractivity contribution in [3.05, 3.63) is 6.92 Å². The smallest absolute Gasteiger partial charge is 0.329 e. The minimum Gasteiger partial charge on any atom is -0.329 e. The number of alkyl halides is 1. The summed E-state index contributed by atoms with van der Waals surface area (Å²) >= 11 is 4.89. The van der Waals surface area contributed by atoms with E-state index in [1.807, 2.05) is 0 Å². The fraction of sp³-hybridized carbons (Fsp3) is 0.500. The summed E-state index contributed by atoms with van der Waals surface area (Å²) in [4.78, 5) is 0. The summed E-state index contributed by atoms with van der Waals surface area (Å²) in [5, 5.41) is 0. The fourth-order valence-electron chi connectivity index (χ4n) is 0. The summed E-state index contributed by atoms with van der Waals surface area (Å²) < 4.78 is 0.